The third kappa shape index (κ3) is 4.12. The monoisotopic (exact) mass is 256 g/mol. The van der Waals surface area contributed by atoms with Gasteiger partial charge in [0.2, 0.25) is 0 Å². The van der Waals surface area contributed by atoms with Gasteiger partial charge in [0.05, 0.1) is 6.54 Å². The average Bonchev–Trinajstić information content (AvgIpc) is 2.47. The first-order valence-corrected chi connectivity index (χ1v) is 6.06. The summed E-state index contributed by atoms with van der Waals surface area (Å²) in [6, 6.07) is 18.3. The van der Waals surface area contributed by atoms with Crippen molar-refractivity contribution in [1.82, 2.24) is 5.32 Å². The zero-order valence-electron chi connectivity index (χ0n) is 10.5. The molecular weight excluding hydrogens is 240 g/mol. The number of carbonyl (C=O) groups is 1. The summed E-state index contributed by atoms with van der Waals surface area (Å²) in [5.74, 6) is 0.525. The standard InChI is InChI=1S/C15H16N2O2/c16-14(19-13-9-5-2-6-10-13)11-17-15(18)12-7-3-1-4-8-12/h1-10,14H,11,16H2,(H,17,18). The fourth-order valence-electron chi connectivity index (χ4n) is 1.60. The van der Waals surface area contributed by atoms with Gasteiger partial charge in [0.1, 0.15) is 5.75 Å². The van der Waals surface area contributed by atoms with Gasteiger partial charge in [-0.25, -0.2) is 0 Å². The second-order valence-corrected chi connectivity index (χ2v) is 4.05. The zero-order chi connectivity index (χ0) is 13.5. The summed E-state index contributed by atoms with van der Waals surface area (Å²) in [5, 5.41) is 2.73. The molecule has 2 aromatic rings. The molecule has 0 bridgehead atoms. The van der Waals surface area contributed by atoms with Gasteiger partial charge in [-0.3, -0.25) is 10.5 Å². The Labute approximate surface area is 112 Å². The van der Waals surface area contributed by atoms with Crippen LogP contribution in [0.4, 0.5) is 0 Å². The van der Waals surface area contributed by atoms with Crippen LogP contribution in [0.1, 0.15) is 10.4 Å². The van der Waals surface area contributed by atoms with E-state index >= 15 is 0 Å². The normalized spacial score (nSPS) is 11.6. The largest absolute Gasteiger partial charge is 0.474 e. The maximum Gasteiger partial charge on any atom is 0.251 e. The number of ether oxygens (including phenoxy) is 1. The van der Waals surface area contributed by atoms with Crippen molar-refractivity contribution in [2.45, 2.75) is 6.23 Å². The van der Waals surface area contributed by atoms with E-state index in [1.54, 1.807) is 12.1 Å². The van der Waals surface area contributed by atoms with Crippen LogP contribution in [-0.2, 0) is 0 Å². The Balaban J connectivity index is 1.81. The van der Waals surface area contributed by atoms with E-state index in [2.05, 4.69) is 5.32 Å². The number of hydrogen-bond acceptors (Lipinski definition) is 3. The molecular formula is C15H16N2O2. The summed E-state index contributed by atoms with van der Waals surface area (Å²) in [5.41, 5.74) is 6.40. The number of hydrogen-bond donors (Lipinski definition) is 2. The lowest BCUT2D eigenvalue weighted by molar-refractivity contribution is 0.0929. The highest BCUT2D eigenvalue weighted by Gasteiger charge is 2.08. The zero-order valence-corrected chi connectivity index (χ0v) is 10.5. The third-order valence-electron chi connectivity index (χ3n) is 2.53. The van der Waals surface area contributed by atoms with Crippen molar-refractivity contribution in [1.29, 1.82) is 0 Å². The quantitative estimate of drug-likeness (QED) is 0.801. The summed E-state index contributed by atoms with van der Waals surface area (Å²) in [4.78, 5) is 11.8. The van der Waals surface area contributed by atoms with Gasteiger partial charge in [-0.05, 0) is 24.3 Å². The van der Waals surface area contributed by atoms with Gasteiger partial charge >= 0.3 is 0 Å². The van der Waals surface area contributed by atoms with Crippen molar-refractivity contribution < 1.29 is 9.53 Å². The van der Waals surface area contributed by atoms with Crippen LogP contribution in [0.2, 0.25) is 0 Å². The molecule has 1 unspecified atom stereocenters. The SMILES string of the molecule is NC(CNC(=O)c1ccccc1)Oc1ccccc1. The Hall–Kier alpha value is -2.33. The minimum absolute atomic E-state index is 0.160. The van der Waals surface area contributed by atoms with Gasteiger partial charge in [-0.15, -0.1) is 0 Å². The minimum Gasteiger partial charge on any atom is -0.474 e. The van der Waals surface area contributed by atoms with E-state index in [0.29, 0.717) is 11.3 Å². The van der Waals surface area contributed by atoms with Crippen molar-refractivity contribution in [3.63, 3.8) is 0 Å². The molecule has 0 aliphatic carbocycles. The third-order valence-corrected chi connectivity index (χ3v) is 2.53. The lowest BCUT2D eigenvalue weighted by Gasteiger charge is -2.15. The number of carbonyl (C=O) groups excluding carboxylic acids is 1. The molecule has 1 atom stereocenters. The first kappa shape index (κ1) is 13.1. The van der Waals surface area contributed by atoms with E-state index in [4.69, 9.17) is 10.5 Å². The summed E-state index contributed by atoms with van der Waals surface area (Å²) in [6.45, 7) is 0.253. The Kier molecular flexibility index (Phi) is 4.53. The van der Waals surface area contributed by atoms with Crippen molar-refractivity contribution in [2.75, 3.05) is 6.54 Å². The van der Waals surface area contributed by atoms with Gasteiger partial charge in [-0.1, -0.05) is 36.4 Å². The van der Waals surface area contributed by atoms with Crippen LogP contribution >= 0.6 is 0 Å². The first-order valence-electron chi connectivity index (χ1n) is 6.06. The minimum atomic E-state index is -0.574. The highest BCUT2D eigenvalue weighted by atomic mass is 16.5. The van der Waals surface area contributed by atoms with Crippen LogP contribution in [0.15, 0.2) is 60.7 Å². The summed E-state index contributed by atoms with van der Waals surface area (Å²) >= 11 is 0. The molecule has 0 aromatic heterocycles. The molecule has 1 amide bonds. The molecule has 4 nitrogen and oxygen atoms in total. The summed E-state index contributed by atoms with van der Waals surface area (Å²) in [7, 11) is 0. The highest BCUT2D eigenvalue weighted by Crippen LogP contribution is 2.08. The van der Waals surface area contributed by atoms with Crippen LogP contribution in [0, 0.1) is 0 Å². The van der Waals surface area contributed by atoms with Crippen molar-refractivity contribution in [3.8, 4) is 5.75 Å². The first-order chi connectivity index (χ1) is 9.25. The second kappa shape index (κ2) is 6.56. The Morgan fingerprint density at radius 1 is 1.05 bits per heavy atom. The molecule has 0 fully saturated rings. The number of nitrogens with one attached hydrogen (secondary N) is 1. The van der Waals surface area contributed by atoms with Crippen LogP contribution in [0.3, 0.4) is 0 Å². The summed E-state index contributed by atoms with van der Waals surface area (Å²) in [6.07, 6.45) is -0.574. The van der Waals surface area contributed by atoms with E-state index in [0.717, 1.165) is 0 Å². The van der Waals surface area contributed by atoms with Crippen LogP contribution in [-0.4, -0.2) is 18.7 Å². The Morgan fingerprint density at radius 3 is 2.26 bits per heavy atom. The van der Waals surface area contributed by atoms with Gasteiger partial charge in [-0.2, -0.15) is 0 Å². The Bertz CT molecular complexity index is 514. The molecule has 3 N–H and O–H groups in total. The van der Waals surface area contributed by atoms with E-state index in [1.807, 2.05) is 48.5 Å². The second-order valence-electron chi connectivity index (χ2n) is 4.05. The fourth-order valence-corrected chi connectivity index (χ4v) is 1.60. The number of rotatable bonds is 5. The predicted octanol–water partition coefficient (Wildman–Crippen LogP) is 1.78. The number of nitrogens with two attached hydrogens (primary N) is 1. The number of benzene rings is 2. The number of amides is 1. The smallest absolute Gasteiger partial charge is 0.251 e. The lowest BCUT2D eigenvalue weighted by Crippen LogP contribution is -2.40. The van der Waals surface area contributed by atoms with E-state index in [9.17, 15) is 4.79 Å². The lowest BCUT2D eigenvalue weighted by atomic mass is 10.2. The molecule has 0 saturated carbocycles. The number of para-hydroxylation sites is 1. The molecule has 98 valence electrons. The van der Waals surface area contributed by atoms with E-state index < -0.39 is 6.23 Å². The molecule has 0 saturated heterocycles. The fraction of sp³-hybridized carbons (Fsp3) is 0.133. The van der Waals surface area contributed by atoms with Gasteiger partial charge in [0.15, 0.2) is 6.23 Å². The molecule has 0 spiro atoms. The molecule has 2 aromatic carbocycles. The molecule has 0 radical (unpaired) electrons. The topological polar surface area (TPSA) is 64.3 Å². The maximum absolute atomic E-state index is 11.8. The highest BCUT2D eigenvalue weighted by molar-refractivity contribution is 5.94. The molecule has 4 heteroatoms. The van der Waals surface area contributed by atoms with Crippen molar-refractivity contribution in [2.24, 2.45) is 5.73 Å². The van der Waals surface area contributed by atoms with Gasteiger partial charge in [0, 0.05) is 5.56 Å². The summed E-state index contributed by atoms with van der Waals surface area (Å²) < 4.78 is 5.46. The van der Waals surface area contributed by atoms with E-state index in [1.165, 1.54) is 0 Å². The van der Waals surface area contributed by atoms with Crippen molar-refractivity contribution >= 4 is 5.91 Å². The molecule has 0 aliphatic rings. The van der Waals surface area contributed by atoms with Crippen LogP contribution in [0.25, 0.3) is 0 Å². The van der Waals surface area contributed by atoms with E-state index in [-0.39, 0.29) is 12.5 Å². The Morgan fingerprint density at radius 2 is 1.63 bits per heavy atom. The van der Waals surface area contributed by atoms with Crippen LogP contribution in [0.5, 0.6) is 5.75 Å². The average molecular weight is 256 g/mol. The van der Waals surface area contributed by atoms with Crippen molar-refractivity contribution in [3.05, 3.63) is 66.2 Å². The predicted molar refractivity (Wildman–Crippen MR) is 73.8 cm³/mol. The van der Waals surface area contributed by atoms with Crippen LogP contribution < -0.4 is 15.8 Å². The molecule has 19 heavy (non-hydrogen) atoms. The van der Waals surface area contributed by atoms with Gasteiger partial charge < -0.3 is 10.1 Å². The molecule has 0 heterocycles. The van der Waals surface area contributed by atoms with Gasteiger partial charge in [0.25, 0.3) is 5.91 Å². The molecule has 2 rings (SSSR count). The maximum atomic E-state index is 11.8. The molecule has 0 aliphatic heterocycles.